The van der Waals surface area contributed by atoms with Gasteiger partial charge >= 0.3 is 0 Å². The van der Waals surface area contributed by atoms with Gasteiger partial charge in [-0.3, -0.25) is 9.48 Å². The Morgan fingerprint density at radius 1 is 1.73 bits per heavy atom. The Hall–Kier alpha value is -0.840. The highest BCUT2D eigenvalue weighted by atomic mass is 79.9. The first-order chi connectivity index (χ1) is 7.16. The fourth-order valence-electron chi connectivity index (χ4n) is 1.52. The van der Waals surface area contributed by atoms with Crippen LogP contribution in [0.25, 0.3) is 0 Å². The lowest BCUT2D eigenvalue weighted by atomic mass is 9.93. The summed E-state index contributed by atoms with van der Waals surface area (Å²) in [4.78, 5) is 11.8. The number of rotatable bonds is 3. The van der Waals surface area contributed by atoms with Gasteiger partial charge in [-0.25, -0.2) is 0 Å². The lowest BCUT2D eigenvalue weighted by molar-refractivity contribution is -0.125. The molecule has 1 aromatic rings. The van der Waals surface area contributed by atoms with Crippen molar-refractivity contribution in [1.82, 2.24) is 15.1 Å². The Morgan fingerprint density at radius 3 is 2.93 bits per heavy atom. The summed E-state index contributed by atoms with van der Waals surface area (Å²) in [5, 5.41) is 7.11. The molecule has 0 saturated heterocycles. The monoisotopic (exact) mass is 271 g/mol. The van der Waals surface area contributed by atoms with Crippen LogP contribution in [0.4, 0.5) is 0 Å². The third-order valence-corrected chi connectivity index (χ3v) is 3.21. The number of carbonyl (C=O) groups excluding carboxylic acids is 1. The molecule has 1 atom stereocenters. The number of aromatic nitrogens is 2. The number of halogens is 1. The Kier molecular flexibility index (Phi) is 3.09. The molecule has 1 N–H and O–H groups in total. The molecule has 1 aromatic heterocycles. The number of hydrogen-bond donors (Lipinski definition) is 1. The van der Waals surface area contributed by atoms with Gasteiger partial charge in [0.1, 0.15) is 6.04 Å². The normalized spacial score (nSPS) is 18.3. The zero-order valence-corrected chi connectivity index (χ0v) is 10.2. The van der Waals surface area contributed by atoms with E-state index in [9.17, 15) is 4.79 Å². The fourth-order valence-corrected chi connectivity index (χ4v) is 1.82. The third kappa shape index (κ3) is 2.40. The molecule has 1 amide bonds. The summed E-state index contributed by atoms with van der Waals surface area (Å²) in [6.45, 7) is 1.85. The molecule has 15 heavy (non-hydrogen) atoms. The molecule has 82 valence electrons. The van der Waals surface area contributed by atoms with Crippen LogP contribution in [0.2, 0.25) is 0 Å². The van der Waals surface area contributed by atoms with Crippen molar-refractivity contribution < 1.29 is 4.79 Å². The Morgan fingerprint density at radius 2 is 2.47 bits per heavy atom. The van der Waals surface area contributed by atoms with E-state index in [1.165, 1.54) is 6.42 Å². The van der Waals surface area contributed by atoms with Crippen LogP contribution in [0.5, 0.6) is 0 Å². The number of hydrogen-bond acceptors (Lipinski definition) is 2. The molecule has 0 radical (unpaired) electrons. The van der Waals surface area contributed by atoms with E-state index in [4.69, 9.17) is 0 Å². The zero-order chi connectivity index (χ0) is 10.8. The van der Waals surface area contributed by atoms with Crippen molar-refractivity contribution in [3.05, 3.63) is 16.9 Å². The van der Waals surface area contributed by atoms with Crippen molar-refractivity contribution in [3.8, 4) is 0 Å². The molecule has 5 heteroatoms. The first-order valence-corrected chi connectivity index (χ1v) is 5.96. The maximum Gasteiger partial charge on any atom is 0.244 e. The Balaban J connectivity index is 1.94. The van der Waals surface area contributed by atoms with E-state index in [1.807, 2.05) is 13.1 Å². The highest BCUT2D eigenvalue weighted by molar-refractivity contribution is 9.10. The minimum Gasteiger partial charge on any atom is -0.352 e. The molecule has 0 aromatic carbocycles. The van der Waals surface area contributed by atoms with Crippen molar-refractivity contribution in [3.63, 3.8) is 0 Å². The smallest absolute Gasteiger partial charge is 0.244 e. The number of carbonyl (C=O) groups is 1. The van der Waals surface area contributed by atoms with E-state index in [2.05, 4.69) is 26.3 Å². The zero-order valence-electron chi connectivity index (χ0n) is 8.61. The number of nitrogens with zero attached hydrogens (tertiary/aromatic N) is 2. The summed E-state index contributed by atoms with van der Waals surface area (Å²) in [5.74, 6) is 0.0512. The van der Waals surface area contributed by atoms with Crippen LogP contribution < -0.4 is 5.32 Å². The topological polar surface area (TPSA) is 46.9 Å². The van der Waals surface area contributed by atoms with Gasteiger partial charge in [-0.1, -0.05) is 0 Å². The van der Waals surface area contributed by atoms with Gasteiger partial charge in [0.25, 0.3) is 0 Å². The maximum absolute atomic E-state index is 11.8. The lowest BCUT2D eigenvalue weighted by Crippen LogP contribution is -2.42. The second-order valence-corrected chi connectivity index (χ2v) is 4.87. The Bertz CT molecular complexity index is 359. The predicted octanol–water partition coefficient (Wildman–Crippen LogP) is 1.88. The van der Waals surface area contributed by atoms with Crippen LogP contribution in [0.15, 0.2) is 16.9 Å². The summed E-state index contributed by atoms with van der Waals surface area (Å²) in [7, 11) is 0. The van der Waals surface area contributed by atoms with Crippen molar-refractivity contribution in [2.75, 3.05) is 0 Å². The molecule has 0 spiro atoms. The van der Waals surface area contributed by atoms with Gasteiger partial charge in [-0.2, -0.15) is 5.10 Å². The molecule has 1 saturated carbocycles. The Labute approximate surface area is 97.2 Å². The molecule has 1 aliphatic carbocycles. The highest BCUT2D eigenvalue weighted by Gasteiger charge is 2.23. The molecular weight excluding hydrogens is 258 g/mol. The standard InChI is InChI=1S/C10H14BrN3O/c1-7(14-6-8(11)5-12-14)10(15)13-9-3-2-4-9/h5-7,9H,2-4H2,1H3,(H,13,15). The van der Waals surface area contributed by atoms with E-state index in [-0.39, 0.29) is 11.9 Å². The number of nitrogens with one attached hydrogen (secondary N) is 1. The van der Waals surface area contributed by atoms with Crippen LogP contribution >= 0.6 is 15.9 Å². The van der Waals surface area contributed by atoms with Gasteiger partial charge in [0, 0.05) is 12.2 Å². The van der Waals surface area contributed by atoms with Crippen molar-refractivity contribution in [1.29, 1.82) is 0 Å². The average molecular weight is 272 g/mol. The van der Waals surface area contributed by atoms with E-state index in [0.717, 1.165) is 17.3 Å². The average Bonchev–Trinajstić information content (AvgIpc) is 2.56. The highest BCUT2D eigenvalue weighted by Crippen LogP contribution is 2.19. The van der Waals surface area contributed by atoms with Crippen molar-refractivity contribution >= 4 is 21.8 Å². The summed E-state index contributed by atoms with van der Waals surface area (Å²) in [5.41, 5.74) is 0. The molecule has 1 heterocycles. The van der Waals surface area contributed by atoms with Gasteiger partial charge in [-0.15, -0.1) is 0 Å². The van der Waals surface area contributed by atoms with E-state index in [0.29, 0.717) is 6.04 Å². The summed E-state index contributed by atoms with van der Waals surface area (Å²) >= 11 is 3.31. The molecular formula is C10H14BrN3O. The van der Waals surface area contributed by atoms with Gasteiger partial charge < -0.3 is 5.32 Å². The minimum absolute atomic E-state index is 0.0512. The molecule has 1 fully saturated rings. The van der Waals surface area contributed by atoms with Gasteiger partial charge in [0.2, 0.25) is 5.91 Å². The molecule has 0 bridgehead atoms. The van der Waals surface area contributed by atoms with E-state index in [1.54, 1.807) is 10.9 Å². The molecule has 4 nitrogen and oxygen atoms in total. The van der Waals surface area contributed by atoms with E-state index < -0.39 is 0 Å². The van der Waals surface area contributed by atoms with Crippen LogP contribution in [0, 0.1) is 0 Å². The molecule has 1 aliphatic rings. The van der Waals surface area contributed by atoms with Crippen LogP contribution in [-0.4, -0.2) is 21.7 Å². The number of amides is 1. The molecule has 2 rings (SSSR count). The maximum atomic E-state index is 11.8. The quantitative estimate of drug-likeness (QED) is 0.913. The predicted molar refractivity (Wildman–Crippen MR) is 60.4 cm³/mol. The van der Waals surface area contributed by atoms with Crippen molar-refractivity contribution in [2.45, 2.75) is 38.3 Å². The van der Waals surface area contributed by atoms with Crippen LogP contribution in [-0.2, 0) is 4.79 Å². The summed E-state index contributed by atoms with van der Waals surface area (Å²) in [6.07, 6.45) is 6.95. The first-order valence-electron chi connectivity index (χ1n) is 5.17. The van der Waals surface area contributed by atoms with Gasteiger partial charge in [-0.05, 0) is 42.1 Å². The second kappa shape index (κ2) is 4.35. The van der Waals surface area contributed by atoms with Gasteiger partial charge in [0.15, 0.2) is 0 Å². The third-order valence-electron chi connectivity index (χ3n) is 2.80. The SMILES string of the molecule is CC(C(=O)NC1CCC1)n1cc(Br)cn1. The fraction of sp³-hybridized carbons (Fsp3) is 0.600. The minimum atomic E-state index is -0.239. The van der Waals surface area contributed by atoms with Crippen molar-refractivity contribution in [2.24, 2.45) is 0 Å². The summed E-state index contributed by atoms with van der Waals surface area (Å²) in [6, 6.07) is 0.149. The van der Waals surface area contributed by atoms with Crippen LogP contribution in [0.3, 0.4) is 0 Å². The van der Waals surface area contributed by atoms with E-state index >= 15 is 0 Å². The summed E-state index contributed by atoms with van der Waals surface area (Å²) < 4.78 is 2.56. The van der Waals surface area contributed by atoms with Gasteiger partial charge in [0.05, 0.1) is 10.7 Å². The molecule has 0 aliphatic heterocycles. The lowest BCUT2D eigenvalue weighted by Gasteiger charge is -2.27. The van der Waals surface area contributed by atoms with Crippen LogP contribution in [0.1, 0.15) is 32.2 Å². The largest absolute Gasteiger partial charge is 0.352 e. The first kappa shape index (κ1) is 10.7. The molecule has 1 unspecified atom stereocenters. The second-order valence-electron chi connectivity index (χ2n) is 3.95.